The lowest BCUT2D eigenvalue weighted by Crippen LogP contribution is -2.35. The van der Waals surface area contributed by atoms with E-state index in [1.807, 2.05) is 0 Å². The molecule has 4 N–H and O–H groups in total. The van der Waals surface area contributed by atoms with Crippen LogP contribution in [0.3, 0.4) is 0 Å². The number of carbonyl (C=O) groups is 2. The number of carboxylic acid groups (broad SMARTS) is 1. The highest BCUT2D eigenvalue weighted by Crippen LogP contribution is 2.38. The molecule has 0 fully saturated rings. The number of rotatable bonds is 10. The van der Waals surface area contributed by atoms with Gasteiger partial charge in [-0.15, -0.1) is 0 Å². The number of hydrogen-bond donors (Lipinski definition) is 3. The monoisotopic (exact) mass is 326 g/mol. The van der Waals surface area contributed by atoms with Crippen molar-refractivity contribution in [2.75, 3.05) is 13.1 Å². The Bertz CT molecular complexity index is 422. The fourth-order valence-electron chi connectivity index (χ4n) is 3.40. The van der Waals surface area contributed by atoms with Crippen molar-refractivity contribution in [2.24, 2.45) is 22.5 Å². The SMILES string of the molecule is C=C(CC(CC(=O)O)C(=O)NCCN)CC(C)(C)CC(C)(C)C. The second-order valence-corrected chi connectivity index (χ2v) is 8.41. The number of nitrogens with one attached hydrogen (secondary N) is 1. The fraction of sp³-hybridized carbons (Fsp3) is 0.778. The average molecular weight is 326 g/mol. The minimum absolute atomic E-state index is 0.0663. The maximum atomic E-state index is 12.1. The van der Waals surface area contributed by atoms with Crippen LogP contribution < -0.4 is 11.1 Å². The van der Waals surface area contributed by atoms with E-state index in [1.165, 1.54) is 0 Å². The molecule has 5 heteroatoms. The molecule has 0 aromatic rings. The van der Waals surface area contributed by atoms with Crippen molar-refractivity contribution in [3.8, 4) is 0 Å². The van der Waals surface area contributed by atoms with Crippen molar-refractivity contribution in [1.29, 1.82) is 0 Å². The quantitative estimate of drug-likeness (QED) is 0.538. The van der Waals surface area contributed by atoms with Crippen molar-refractivity contribution in [3.05, 3.63) is 12.2 Å². The third kappa shape index (κ3) is 10.9. The van der Waals surface area contributed by atoms with Gasteiger partial charge < -0.3 is 16.2 Å². The third-order valence-electron chi connectivity index (χ3n) is 3.51. The number of carbonyl (C=O) groups excluding carboxylic acids is 1. The second-order valence-electron chi connectivity index (χ2n) is 8.41. The highest BCUT2D eigenvalue weighted by Gasteiger charge is 2.28. The average Bonchev–Trinajstić information content (AvgIpc) is 2.30. The molecule has 0 spiro atoms. The van der Waals surface area contributed by atoms with Crippen LogP contribution in [0.1, 0.15) is 60.3 Å². The Kier molecular flexibility index (Phi) is 8.53. The minimum Gasteiger partial charge on any atom is -0.481 e. The van der Waals surface area contributed by atoms with E-state index in [-0.39, 0.29) is 23.2 Å². The Labute approximate surface area is 140 Å². The molecule has 0 saturated heterocycles. The van der Waals surface area contributed by atoms with Gasteiger partial charge in [0.05, 0.1) is 12.3 Å². The number of aliphatic carboxylic acids is 1. The maximum absolute atomic E-state index is 12.1. The molecule has 1 unspecified atom stereocenters. The van der Waals surface area contributed by atoms with Crippen LogP contribution in [0.15, 0.2) is 12.2 Å². The molecule has 0 aliphatic carbocycles. The number of allylic oxidation sites excluding steroid dienone is 1. The summed E-state index contributed by atoms with van der Waals surface area (Å²) in [6.45, 7) is 15.7. The van der Waals surface area contributed by atoms with Gasteiger partial charge in [0.25, 0.3) is 0 Å². The van der Waals surface area contributed by atoms with Gasteiger partial charge in [-0.3, -0.25) is 9.59 Å². The van der Waals surface area contributed by atoms with Gasteiger partial charge in [-0.25, -0.2) is 0 Å². The van der Waals surface area contributed by atoms with Gasteiger partial charge in [-0.1, -0.05) is 46.8 Å². The summed E-state index contributed by atoms with van der Waals surface area (Å²) in [5.74, 6) is -1.82. The van der Waals surface area contributed by atoms with Crippen LogP contribution in [0.5, 0.6) is 0 Å². The van der Waals surface area contributed by atoms with E-state index in [2.05, 4.69) is 46.5 Å². The summed E-state index contributed by atoms with van der Waals surface area (Å²) in [6, 6.07) is 0. The molecule has 134 valence electrons. The van der Waals surface area contributed by atoms with E-state index < -0.39 is 11.9 Å². The summed E-state index contributed by atoms with van der Waals surface area (Å²) in [4.78, 5) is 23.1. The van der Waals surface area contributed by atoms with Crippen LogP contribution in [0, 0.1) is 16.7 Å². The number of hydrogen-bond acceptors (Lipinski definition) is 3. The zero-order chi connectivity index (χ0) is 18.3. The third-order valence-corrected chi connectivity index (χ3v) is 3.51. The molecule has 0 aromatic carbocycles. The van der Waals surface area contributed by atoms with Crippen molar-refractivity contribution < 1.29 is 14.7 Å². The molecule has 0 bridgehead atoms. The van der Waals surface area contributed by atoms with Crippen LogP contribution in [0.25, 0.3) is 0 Å². The van der Waals surface area contributed by atoms with E-state index in [0.29, 0.717) is 19.5 Å². The minimum atomic E-state index is -0.973. The van der Waals surface area contributed by atoms with E-state index >= 15 is 0 Å². The van der Waals surface area contributed by atoms with E-state index in [9.17, 15) is 9.59 Å². The second kappa shape index (κ2) is 9.06. The lowest BCUT2D eigenvalue weighted by atomic mass is 9.72. The molecule has 5 nitrogen and oxygen atoms in total. The molecule has 1 atom stereocenters. The molecule has 23 heavy (non-hydrogen) atoms. The molecule has 1 amide bonds. The van der Waals surface area contributed by atoms with Crippen molar-refractivity contribution in [1.82, 2.24) is 5.32 Å². The first-order valence-corrected chi connectivity index (χ1v) is 8.22. The summed E-state index contributed by atoms with van der Waals surface area (Å²) in [5, 5.41) is 11.7. The van der Waals surface area contributed by atoms with E-state index in [0.717, 1.165) is 18.4 Å². The molecule has 0 aliphatic rings. The van der Waals surface area contributed by atoms with Gasteiger partial charge >= 0.3 is 5.97 Å². The number of carboxylic acids is 1. The van der Waals surface area contributed by atoms with Crippen LogP contribution in [-0.2, 0) is 9.59 Å². The van der Waals surface area contributed by atoms with Crippen LogP contribution in [0.4, 0.5) is 0 Å². The molecule has 0 radical (unpaired) electrons. The van der Waals surface area contributed by atoms with Crippen molar-refractivity contribution >= 4 is 11.9 Å². The molecular weight excluding hydrogens is 292 g/mol. The highest BCUT2D eigenvalue weighted by atomic mass is 16.4. The van der Waals surface area contributed by atoms with Crippen molar-refractivity contribution in [2.45, 2.75) is 60.3 Å². The molecule has 0 aliphatic heterocycles. The Morgan fingerprint density at radius 3 is 2.17 bits per heavy atom. The van der Waals surface area contributed by atoms with Crippen molar-refractivity contribution in [3.63, 3.8) is 0 Å². The Hall–Kier alpha value is -1.36. The Balaban J connectivity index is 4.76. The van der Waals surface area contributed by atoms with Gasteiger partial charge in [0.15, 0.2) is 0 Å². The number of amides is 1. The molecular formula is C18H34N2O3. The van der Waals surface area contributed by atoms with E-state index in [4.69, 9.17) is 10.8 Å². The Morgan fingerprint density at radius 2 is 1.74 bits per heavy atom. The maximum Gasteiger partial charge on any atom is 0.304 e. The standard InChI is InChI=1S/C18H34N2O3/c1-13(11-18(5,6)12-17(2,3)4)9-14(10-15(21)22)16(23)20-8-7-19/h14H,1,7-12,19H2,2-6H3,(H,20,23)(H,21,22). The summed E-state index contributed by atoms with van der Waals surface area (Å²) in [7, 11) is 0. The molecule has 0 rings (SSSR count). The summed E-state index contributed by atoms with van der Waals surface area (Å²) in [5.41, 5.74) is 6.57. The predicted octanol–water partition coefficient (Wildman–Crippen LogP) is 2.95. The summed E-state index contributed by atoms with van der Waals surface area (Å²) < 4.78 is 0. The van der Waals surface area contributed by atoms with Gasteiger partial charge in [-0.05, 0) is 30.1 Å². The highest BCUT2D eigenvalue weighted by molar-refractivity contribution is 5.83. The lowest BCUT2D eigenvalue weighted by Gasteiger charge is -2.33. The Morgan fingerprint density at radius 1 is 1.17 bits per heavy atom. The van der Waals surface area contributed by atoms with E-state index in [1.54, 1.807) is 0 Å². The summed E-state index contributed by atoms with van der Waals surface area (Å²) >= 11 is 0. The zero-order valence-corrected chi connectivity index (χ0v) is 15.4. The zero-order valence-electron chi connectivity index (χ0n) is 15.4. The fourth-order valence-corrected chi connectivity index (χ4v) is 3.40. The van der Waals surface area contributed by atoms with Crippen LogP contribution >= 0.6 is 0 Å². The van der Waals surface area contributed by atoms with Gasteiger partial charge in [-0.2, -0.15) is 0 Å². The first-order valence-electron chi connectivity index (χ1n) is 8.22. The van der Waals surface area contributed by atoms with Gasteiger partial charge in [0.2, 0.25) is 5.91 Å². The first-order chi connectivity index (χ1) is 10.4. The normalized spacial score (nSPS) is 13.5. The summed E-state index contributed by atoms with van der Waals surface area (Å²) in [6.07, 6.45) is 2.03. The predicted molar refractivity (Wildman–Crippen MR) is 94.0 cm³/mol. The first kappa shape index (κ1) is 21.6. The smallest absolute Gasteiger partial charge is 0.304 e. The van der Waals surface area contributed by atoms with Crippen LogP contribution in [-0.4, -0.2) is 30.1 Å². The molecule has 0 saturated carbocycles. The molecule has 0 aromatic heterocycles. The lowest BCUT2D eigenvalue weighted by molar-refractivity contribution is -0.141. The van der Waals surface area contributed by atoms with Gasteiger partial charge in [0.1, 0.15) is 0 Å². The van der Waals surface area contributed by atoms with Crippen LogP contribution in [0.2, 0.25) is 0 Å². The molecule has 0 heterocycles. The number of nitrogens with two attached hydrogens (primary N) is 1. The van der Waals surface area contributed by atoms with Gasteiger partial charge in [0, 0.05) is 13.1 Å². The topological polar surface area (TPSA) is 92.4 Å². The largest absolute Gasteiger partial charge is 0.481 e.